The maximum Gasteiger partial charge on any atom is 0.268 e. The van der Waals surface area contributed by atoms with Crippen LogP contribution in [0.15, 0.2) is 29.1 Å². The van der Waals surface area contributed by atoms with Crippen LogP contribution in [0.2, 0.25) is 0 Å². The van der Waals surface area contributed by atoms with Crippen LogP contribution in [0.4, 0.5) is 11.5 Å². The van der Waals surface area contributed by atoms with Crippen molar-refractivity contribution >= 4 is 11.5 Å². The Kier molecular flexibility index (Phi) is 4.42. The van der Waals surface area contributed by atoms with Crippen LogP contribution in [-0.4, -0.2) is 43.1 Å². The number of aromatic nitrogens is 1. The Balaban J connectivity index is 2.13. The number of hydrogen-bond donors (Lipinski definition) is 2. The number of H-pyrrole nitrogens is 1. The molecule has 1 aromatic heterocycles. The highest BCUT2D eigenvalue weighted by atomic mass is 16.1. The summed E-state index contributed by atoms with van der Waals surface area (Å²) in [6.45, 7) is 3.73. The minimum Gasteiger partial charge on any atom is -0.384 e. The number of nitrogens with zero attached hydrogens (tertiary/aromatic N) is 4. The van der Waals surface area contributed by atoms with E-state index in [1.54, 1.807) is 6.07 Å². The molecule has 1 saturated heterocycles. The SMILES string of the molecule is CN1CCN(c2cccc(-c3c(C#N)c(N)[nH]c(=O)c3C#N)c2)CC1. The number of rotatable bonds is 2. The number of pyridine rings is 1. The van der Waals surface area contributed by atoms with Gasteiger partial charge in [0, 0.05) is 37.4 Å². The van der Waals surface area contributed by atoms with Crippen LogP contribution in [0.1, 0.15) is 11.1 Å². The van der Waals surface area contributed by atoms with Gasteiger partial charge in [0.2, 0.25) is 0 Å². The molecule has 0 saturated carbocycles. The monoisotopic (exact) mass is 334 g/mol. The van der Waals surface area contributed by atoms with Crippen molar-refractivity contribution in [2.24, 2.45) is 0 Å². The van der Waals surface area contributed by atoms with Gasteiger partial charge in [-0.15, -0.1) is 0 Å². The summed E-state index contributed by atoms with van der Waals surface area (Å²) in [6.07, 6.45) is 0. The highest BCUT2D eigenvalue weighted by Gasteiger charge is 2.20. The van der Waals surface area contributed by atoms with E-state index in [0.29, 0.717) is 11.1 Å². The second-order valence-electron chi connectivity index (χ2n) is 6.06. The maximum absolute atomic E-state index is 12.1. The smallest absolute Gasteiger partial charge is 0.268 e. The van der Waals surface area contributed by atoms with E-state index in [2.05, 4.69) is 21.8 Å². The van der Waals surface area contributed by atoms with Crippen molar-refractivity contribution in [1.29, 1.82) is 10.5 Å². The summed E-state index contributed by atoms with van der Waals surface area (Å²) in [5, 5.41) is 18.8. The number of nitrogen functional groups attached to an aromatic ring is 1. The van der Waals surface area contributed by atoms with Crippen LogP contribution in [0.5, 0.6) is 0 Å². The molecule has 3 N–H and O–H groups in total. The number of piperazine rings is 1. The molecule has 3 rings (SSSR count). The minimum absolute atomic E-state index is 0.0218. The van der Waals surface area contributed by atoms with Gasteiger partial charge in [0.15, 0.2) is 0 Å². The van der Waals surface area contributed by atoms with Crippen molar-refractivity contribution in [1.82, 2.24) is 9.88 Å². The number of nitrogens with two attached hydrogens (primary N) is 1. The number of hydrogen-bond acceptors (Lipinski definition) is 6. The van der Waals surface area contributed by atoms with E-state index in [4.69, 9.17) is 5.73 Å². The number of anilines is 2. The van der Waals surface area contributed by atoms with Crippen LogP contribution in [0.3, 0.4) is 0 Å². The van der Waals surface area contributed by atoms with Gasteiger partial charge in [-0.2, -0.15) is 10.5 Å². The van der Waals surface area contributed by atoms with Crippen LogP contribution in [0, 0.1) is 22.7 Å². The molecule has 0 spiro atoms. The number of nitriles is 2. The molecule has 1 aliphatic heterocycles. The van der Waals surface area contributed by atoms with Crippen LogP contribution >= 0.6 is 0 Å². The van der Waals surface area contributed by atoms with E-state index in [-0.39, 0.29) is 16.9 Å². The van der Waals surface area contributed by atoms with Crippen molar-refractivity contribution < 1.29 is 0 Å². The summed E-state index contributed by atoms with van der Waals surface area (Å²) in [5.41, 5.74) is 7.16. The fourth-order valence-electron chi connectivity index (χ4n) is 3.05. The Morgan fingerprint density at radius 1 is 1.12 bits per heavy atom. The third kappa shape index (κ3) is 3.06. The van der Waals surface area contributed by atoms with Crippen LogP contribution in [0.25, 0.3) is 11.1 Å². The number of benzene rings is 1. The Morgan fingerprint density at radius 3 is 2.44 bits per heavy atom. The van der Waals surface area contributed by atoms with Gasteiger partial charge in [-0.3, -0.25) is 4.79 Å². The van der Waals surface area contributed by atoms with Gasteiger partial charge in [0.1, 0.15) is 29.1 Å². The van der Waals surface area contributed by atoms with Crippen molar-refractivity contribution in [3.8, 4) is 23.3 Å². The Labute approximate surface area is 145 Å². The van der Waals surface area contributed by atoms with E-state index in [1.165, 1.54) is 0 Å². The van der Waals surface area contributed by atoms with Crippen molar-refractivity contribution in [3.63, 3.8) is 0 Å². The molecule has 2 heterocycles. The Morgan fingerprint density at radius 2 is 1.80 bits per heavy atom. The minimum atomic E-state index is -0.584. The third-order valence-corrected chi connectivity index (χ3v) is 4.47. The zero-order valence-electron chi connectivity index (χ0n) is 13.9. The van der Waals surface area contributed by atoms with Crippen molar-refractivity contribution in [3.05, 3.63) is 45.7 Å². The number of nitrogens with one attached hydrogen (secondary N) is 1. The highest BCUT2D eigenvalue weighted by molar-refractivity contribution is 5.81. The van der Waals surface area contributed by atoms with Crippen molar-refractivity contribution in [2.45, 2.75) is 0 Å². The molecule has 0 unspecified atom stereocenters. The summed E-state index contributed by atoms with van der Waals surface area (Å²) < 4.78 is 0. The fourth-order valence-corrected chi connectivity index (χ4v) is 3.05. The molecular weight excluding hydrogens is 316 g/mol. The van der Waals surface area contributed by atoms with Gasteiger partial charge >= 0.3 is 0 Å². The Bertz CT molecular complexity index is 942. The molecule has 0 radical (unpaired) electrons. The molecule has 1 aliphatic rings. The standard InChI is InChI=1S/C18H18N6O/c1-23-5-7-24(8-6-23)13-4-2-3-12(9-13)16-14(10-19)17(21)22-18(25)15(16)11-20/h2-4,9H,5-8H2,1H3,(H3,21,22,25). The first-order valence-corrected chi connectivity index (χ1v) is 7.95. The van der Waals surface area contributed by atoms with E-state index in [0.717, 1.165) is 31.9 Å². The molecule has 7 nitrogen and oxygen atoms in total. The normalized spacial score (nSPS) is 14.8. The summed E-state index contributed by atoms with van der Waals surface area (Å²) in [4.78, 5) is 18.9. The lowest BCUT2D eigenvalue weighted by molar-refractivity contribution is 0.313. The Hall–Kier alpha value is -3.29. The lowest BCUT2D eigenvalue weighted by atomic mass is 9.96. The van der Waals surface area contributed by atoms with Gasteiger partial charge in [-0.05, 0) is 24.7 Å². The number of aromatic amines is 1. The number of likely N-dealkylation sites (N-methyl/N-ethyl adjacent to an activating group) is 1. The zero-order chi connectivity index (χ0) is 18.0. The lowest BCUT2D eigenvalue weighted by Gasteiger charge is -2.34. The molecule has 0 aliphatic carbocycles. The molecule has 7 heteroatoms. The average molecular weight is 334 g/mol. The van der Waals surface area contributed by atoms with E-state index in [9.17, 15) is 15.3 Å². The molecule has 0 atom stereocenters. The first kappa shape index (κ1) is 16.6. The summed E-state index contributed by atoms with van der Waals surface area (Å²) >= 11 is 0. The van der Waals surface area contributed by atoms with Crippen molar-refractivity contribution in [2.75, 3.05) is 43.9 Å². The molecule has 0 bridgehead atoms. The van der Waals surface area contributed by atoms with Gasteiger partial charge < -0.3 is 20.5 Å². The van der Waals surface area contributed by atoms with E-state index in [1.807, 2.05) is 30.3 Å². The second-order valence-corrected chi connectivity index (χ2v) is 6.06. The topological polar surface area (TPSA) is 113 Å². The predicted molar refractivity (Wildman–Crippen MR) is 96.1 cm³/mol. The summed E-state index contributed by atoms with van der Waals surface area (Å²) in [5.74, 6) is -0.0218. The first-order chi connectivity index (χ1) is 12.0. The molecule has 126 valence electrons. The molecule has 0 amide bonds. The maximum atomic E-state index is 12.1. The molecule has 1 fully saturated rings. The highest BCUT2D eigenvalue weighted by Crippen LogP contribution is 2.31. The van der Waals surface area contributed by atoms with E-state index < -0.39 is 5.56 Å². The van der Waals surface area contributed by atoms with Gasteiger partial charge in [0.05, 0.1) is 0 Å². The van der Waals surface area contributed by atoms with Gasteiger partial charge in [0.25, 0.3) is 5.56 Å². The third-order valence-electron chi connectivity index (χ3n) is 4.47. The molecule has 25 heavy (non-hydrogen) atoms. The molecule has 1 aromatic carbocycles. The largest absolute Gasteiger partial charge is 0.384 e. The van der Waals surface area contributed by atoms with Crippen LogP contribution < -0.4 is 16.2 Å². The molecular formula is C18H18N6O. The lowest BCUT2D eigenvalue weighted by Crippen LogP contribution is -2.44. The fraction of sp³-hybridized carbons (Fsp3) is 0.278. The van der Waals surface area contributed by atoms with Gasteiger partial charge in [-0.25, -0.2) is 0 Å². The zero-order valence-corrected chi connectivity index (χ0v) is 13.9. The molecule has 2 aromatic rings. The quantitative estimate of drug-likeness (QED) is 0.851. The summed E-state index contributed by atoms with van der Waals surface area (Å²) in [6, 6.07) is 11.4. The van der Waals surface area contributed by atoms with Gasteiger partial charge in [-0.1, -0.05) is 12.1 Å². The van der Waals surface area contributed by atoms with E-state index >= 15 is 0 Å². The average Bonchev–Trinajstić information content (AvgIpc) is 2.62. The second kappa shape index (κ2) is 6.68. The summed E-state index contributed by atoms with van der Waals surface area (Å²) in [7, 11) is 2.09. The predicted octanol–water partition coefficient (Wildman–Crippen LogP) is 1.12. The first-order valence-electron chi connectivity index (χ1n) is 7.95. The van der Waals surface area contributed by atoms with Crippen LogP contribution in [-0.2, 0) is 0 Å².